The SMILES string of the molecule is CC1(O)CN(C(=O)c2cc(-c3cccs3)on2)C1. The normalized spacial score (nSPS) is 17.6. The fourth-order valence-corrected chi connectivity index (χ4v) is 2.67. The highest BCUT2D eigenvalue weighted by molar-refractivity contribution is 7.13. The Morgan fingerprint density at radius 2 is 2.39 bits per heavy atom. The highest BCUT2D eigenvalue weighted by Crippen LogP contribution is 2.27. The molecule has 5 nitrogen and oxygen atoms in total. The molecular formula is C12H12N2O3S. The maximum absolute atomic E-state index is 12.0. The summed E-state index contributed by atoms with van der Waals surface area (Å²) in [5, 5.41) is 15.3. The van der Waals surface area contributed by atoms with Crippen molar-refractivity contribution >= 4 is 17.2 Å². The van der Waals surface area contributed by atoms with Crippen molar-refractivity contribution in [2.24, 2.45) is 0 Å². The van der Waals surface area contributed by atoms with Crippen molar-refractivity contribution in [2.75, 3.05) is 13.1 Å². The molecule has 1 aliphatic rings. The molecule has 0 bridgehead atoms. The van der Waals surface area contributed by atoms with Crippen LogP contribution in [0, 0.1) is 0 Å². The molecule has 2 aromatic rings. The molecule has 0 atom stereocenters. The van der Waals surface area contributed by atoms with E-state index in [1.54, 1.807) is 17.9 Å². The van der Waals surface area contributed by atoms with Crippen LogP contribution in [0.5, 0.6) is 0 Å². The van der Waals surface area contributed by atoms with E-state index in [1.165, 1.54) is 11.3 Å². The summed E-state index contributed by atoms with van der Waals surface area (Å²) in [6, 6.07) is 5.46. The minimum absolute atomic E-state index is 0.201. The maximum Gasteiger partial charge on any atom is 0.276 e. The summed E-state index contributed by atoms with van der Waals surface area (Å²) >= 11 is 1.53. The molecule has 3 heterocycles. The van der Waals surface area contributed by atoms with E-state index >= 15 is 0 Å². The molecule has 1 amide bonds. The van der Waals surface area contributed by atoms with Crippen LogP contribution in [0.3, 0.4) is 0 Å². The number of thiophene rings is 1. The fraction of sp³-hybridized carbons (Fsp3) is 0.333. The van der Waals surface area contributed by atoms with E-state index in [9.17, 15) is 9.90 Å². The molecule has 0 unspecified atom stereocenters. The molecule has 0 spiro atoms. The van der Waals surface area contributed by atoms with Crippen LogP contribution in [0.4, 0.5) is 0 Å². The van der Waals surface area contributed by atoms with E-state index < -0.39 is 5.60 Å². The van der Waals surface area contributed by atoms with Crippen LogP contribution in [-0.2, 0) is 0 Å². The Balaban J connectivity index is 1.76. The minimum Gasteiger partial charge on any atom is -0.386 e. The molecule has 0 aromatic carbocycles. The average Bonchev–Trinajstić information content (AvgIpc) is 2.94. The zero-order valence-electron chi connectivity index (χ0n) is 9.79. The molecule has 94 valence electrons. The highest BCUT2D eigenvalue weighted by atomic mass is 32.1. The summed E-state index contributed by atoms with van der Waals surface area (Å²) < 4.78 is 5.15. The summed E-state index contributed by atoms with van der Waals surface area (Å²) in [5.74, 6) is 0.397. The molecule has 1 saturated heterocycles. The summed E-state index contributed by atoms with van der Waals surface area (Å²) in [5.41, 5.74) is -0.482. The number of carbonyl (C=O) groups excluding carboxylic acids is 1. The predicted octanol–water partition coefficient (Wildman–Crippen LogP) is 1.61. The third kappa shape index (κ3) is 1.93. The first-order valence-electron chi connectivity index (χ1n) is 5.57. The number of β-amino-alcohol motifs (C(OH)–C–C–N with tert-alkyl or cyclic N) is 1. The van der Waals surface area contributed by atoms with Crippen molar-refractivity contribution in [1.29, 1.82) is 0 Å². The third-order valence-corrected chi connectivity index (χ3v) is 3.73. The quantitative estimate of drug-likeness (QED) is 0.895. The largest absolute Gasteiger partial charge is 0.386 e. The van der Waals surface area contributed by atoms with E-state index in [2.05, 4.69) is 5.16 Å². The smallest absolute Gasteiger partial charge is 0.276 e. The standard InChI is InChI=1S/C12H12N2O3S/c1-12(16)6-14(7-12)11(15)8-5-9(17-13-8)10-3-2-4-18-10/h2-5,16H,6-7H2,1H3. The van der Waals surface area contributed by atoms with Crippen LogP contribution in [0.15, 0.2) is 28.1 Å². The number of aliphatic hydroxyl groups is 1. The first-order chi connectivity index (χ1) is 8.55. The second kappa shape index (κ2) is 3.93. The maximum atomic E-state index is 12.0. The van der Waals surface area contributed by atoms with Gasteiger partial charge < -0.3 is 14.5 Å². The predicted molar refractivity (Wildman–Crippen MR) is 66.3 cm³/mol. The van der Waals surface area contributed by atoms with Crippen molar-refractivity contribution in [1.82, 2.24) is 10.1 Å². The second-order valence-corrected chi connectivity index (χ2v) is 5.66. The van der Waals surface area contributed by atoms with Crippen molar-refractivity contribution in [3.05, 3.63) is 29.3 Å². The van der Waals surface area contributed by atoms with Gasteiger partial charge in [-0.1, -0.05) is 11.2 Å². The van der Waals surface area contributed by atoms with Crippen LogP contribution < -0.4 is 0 Å². The number of aromatic nitrogens is 1. The topological polar surface area (TPSA) is 66.6 Å². The molecule has 0 saturated carbocycles. The number of likely N-dealkylation sites (tertiary alicyclic amines) is 1. The van der Waals surface area contributed by atoms with E-state index in [1.807, 2.05) is 17.5 Å². The van der Waals surface area contributed by atoms with Crippen molar-refractivity contribution in [2.45, 2.75) is 12.5 Å². The van der Waals surface area contributed by atoms with Gasteiger partial charge in [0.2, 0.25) is 0 Å². The van der Waals surface area contributed by atoms with Crippen molar-refractivity contribution in [3.63, 3.8) is 0 Å². The number of amides is 1. The molecule has 0 radical (unpaired) electrons. The van der Waals surface area contributed by atoms with Crippen LogP contribution in [0.2, 0.25) is 0 Å². The van der Waals surface area contributed by atoms with Gasteiger partial charge >= 0.3 is 0 Å². The number of rotatable bonds is 2. The molecule has 2 aromatic heterocycles. The van der Waals surface area contributed by atoms with Gasteiger partial charge in [0, 0.05) is 6.07 Å². The lowest BCUT2D eigenvalue weighted by Crippen LogP contribution is -2.61. The number of hydrogen-bond acceptors (Lipinski definition) is 5. The first-order valence-corrected chi connectivity index (χ1v) is 6.45. The number of nitrogens with zero attached hydrogens (tertiary/aromatic N) is 2. The molecule has 18 heavy (non-hydrogen) atoms. The lowest BCUT2D eigenvalue weighted by atomic mass is 9.96. The Bertz CT molecular complexity index is 566. The van der Waals surface area contributed by atoms with Gasteiger partial charge in [0.25, 0.3) is 5.91 Å². The average molecular weight is 264 g/mol. The number of hydrogen-bond donors (Lipinski definition) is 1. The van der Waals surface area contributed by atoms with Gasteiger partial charge in [0.1, 0.15) is 0 Å². The van der Waals surface area contributed by atoms with E-state index in [4.69, 9.17) is 4.52 Å². The summed E-state index contributed by atoms with van der Waals surface area (Å²) in [7, 11) is 0. The molecule has 3 rings (SSSR count). The molecule has 1 N–H and O–H groups in total. The molecule has 1 fully saturated rings. The van der Waals surface area contributed by atoms with Crippen LogP contribution >= 0.6 is 11.3 Å². The van der Waals surface area contributed by atoms with Gasteiger partial charge in [-0.25, -0.2) is 0 Å². The highest BCUT2D eigenvalue weighted by Gasteiger charge is 2.40. The van der Waals surface area contributed by atoms with Gasteiger partial charge in [-0.15, -0.1) is 11.3 Å². The Labute approximate surface area is 108 Å². The zero-order valence-corrected chi connectivity index (χ0v) is 10.6. The summed E-state index contributed by atoms with van der Waals surface area (Å²) in [6.07, 6.45) is 0. The van der Waals surface area contributed by atoms with Gasteiger partial charge in [0.05, 0.1) is 23.6 Å². The zero-order chi connectivity index (χ0) is 12.8. The molecule has 1 aliphatic heterocycles. The summed E-state index contributed by atoms with van der Waals surface area (Å²) in [6.45, 7) is 2.39. The van der Waals surface area contributed by atoms with E-state index in [0.717, 1.165) is 4.88 Å². The van der Waals surface area contributed by atoms with Gasteiger partial charge in [-0.05, 0) is 18.4 Å². The van der Waals surface area contributed by atoms with E-state index in [-0.39, 0.29) is 11.6 Å². The van der Waals surface area contributed by atoms with Crippen molar-refractivity contribution < 1.29 is 14.4 Å². The molecule has 0 aliphatic carbocycles. The Morgan fingerprint density at radius 3 is 3.00 bits per heavy atom. The van der Waals surface area contributed by atoms with Crippen LogP contribution in [0.1, 0.15) is 17.4 Å². The Morgan fingerprint density at radius 1 is 1.61 bits per heavy atom. The van der Waals surface area contributed by atoms with Crippen LogP contribution in [0.25, 0.3) is 10.6 Å². The van der Waals surface area contributed by atoms with Crippen LogP contribution in [-0.4, -0.2) is 39.8 Å². The summed E-state index contributed by atoms with van der Waals surface area (Å²) in [4.78, 5) is 14.5. The Hall–Kier alpha value is -1.66. The second-order valence-electron chi connectivity index (χ2n) is 4.71. The van der Waals surface area contributed by atoms with Gasteiger partial charge in [-0.3, -0.25) is 4.79 Å². The van der Waals surface area contributed by atoms with Crippen molar-refractivity contribution in [3.8, 4) is 10.6 Å². The molecule has 6 heteroatoms. The first kappa shape index (κ1) is 11.4. The third-order valence-electron chi connectivity index (χ3n) is 2.84. The lowest BCUT2D eigenvalue weighted by molar-refractivity contribution is -0.0671. The lowest BCUT2D eigenvalue weighted by Gasteiger charge is -2.43. The van der Waals surface area contributed by atoms with Gasteiger partial charge in [0.15, 0.2) is 11.5 Å². The van der Waals surface area contributed by atoms with E-state index in [0.29, 0.717) is 18.8 Å². The fourth-order valence-electron chi connectivity index (χ4n) is 1.99. The number of carbonyl (C=O) groups is 1. The van der Waals surface area contributed by atoms with Gasteiger partial charge in [-0.2, -0.15) is 0 Å². The monoisotopic (exact) mass is 264 g/mol. The molecular weight excluding hydrogens is 252 g/mol. The Kier molecular flexibility index (Phi) is 2.49. The minimum atomic E-state index is -0.768.